The summed E-state index contributed by atoms with van der Waals surface area (Å²) in [5.41, 5.74) is 0. The third-order valence-electron chi connectivity index (χ3n) is 2.83. The predicted octanol–water partition coefficient (Wildman–Crippen LogP) is 0.138. The highest BCUT2D eigenvalue weighted by Gasteiger charge is 2.46. The molecule has 4 atom stereocenters. The molecule has 0 aromatic heterocycles. The fraction of sp³-hybridized carbons (Fsp3) is 1.00. The molecule has 2 fully saturated rings. The van der Waals surface area contributed by atoms with Crippen LogP contribution in [-0.2, 0) is 0 Å². The minimum absolute atomic E-state index is 0.181. The van der Waals surface area contributed by atoms with Crippen LogP contribution in [-0.4, -0.2) is 22.4 Å². The maximum absolute atomic E-state index is 9.34. The van der Waals surface area contributed by atoms with Gasteiger partial charge in [0.05, 0.1) is 12.2 Å². The van der Waals surface area contributed by atoms with Crippen LogP contribution in [0.15, 0.2) is 0 Å². The Kier molecular flexibility index (Phi) is 1.08. The van der Waals surface area contributed by atoms with Crippen molar-refractivity contribution >= 4 is 0 Å². The van der Waals surface area contributed by atoms with Gasteiger partial charge < -0.3 is 10.2 Å². The summed E-state index contributed by atoms with van der Waals surface area (Å²) in [7, 11) is 0. The highest BCUT2D eigenvalue weighted by Crippen LogP contribution is 2.44. The van der Waals surface area contributed by atoms with Gasteiger partial charge in [0, 0.05) is 5.92 Å². The predicted molar refractivity (Wildman–Crippen MR) is 32.8 cm³/mol. The first-order valence-corrected chi connectivity index (χ1v) is 3.65. The molecule has 52 valence electrons. The van der Waals surface area contributed by atoms with Crippen LogP contribution in [0.25, 0.3) is 0 Å². The van der Waals surface area contributed by atoms with E-state index in [0.29, 0.717) is 5.92 Å². The molecule has 2 N–H and O–H groups in total. The van der Waals surface area contributed by atoms with E-state index in [9.17, 15) is 10.2 Å². The summed E-state index contributed by atoms with van der Waals surface area (Å²) in [6.45, 7) is 0. The fourth-order valence-electron chi connectivity index (χ4n) is 2.26. The van der Waals surface area contributed by atoms with Crippen LogP contribution in [0, 0.1) is 11.8 Å². The van der Waals surface area contributed by atoms with Gasteiger partial charge in [0.25, 0.3) is 0 Å². The highest BCUT2D eigenvalue weighted by molar-refractivity contribution is 4.96. The largest absolute Gasteiger partial charge is 0.393 e. The minimum Gasteiger partial charge on any atom is -0.393 e. The van der Waals surface area contributed by atoms with Crippen LogP contribution < -0.4 is 0 Å². The van der Waals surface area contributed by atoms with Gasteiger partial charge in [-0.25, -0.2) is 0 Å². The quantitative estimate of drug-likeness (QED) is 0.487. The lowest BCUT2D eigenvalue weighted by atomic mass is 9.98. The zero-order valence-corrected chi connectivity index (χ0v) is 5.33. The maximum atomic E-state index is 9.34. The first kappa shape index (κ1) is 5.69. The van der Waals surface area contributed by atoms with Gasteiger partial charge in [0.1, 0.15) is 0 Å². The smallest absolute Gasteiger partial charge is 0.0622 e. The Morgan fingerprint density at radius 3 is 2.11 bits per heavy atom. The van der Waals surface area contributed by atoms with E-state index in [4.69, 9.17) is 0 Å². The van der Waals surface area contributed by atoms with Crippen LogP contribution in [0.4, 0.5) is 0 Å². The van der Waals surface area contributed by atoms with Crippen molar-refractivity contribution in [3.63, 3.8) is 0 Å². The van der Waals surface area contributed by atoms with E-state index >= 15 is 0 Å². The molecule has 2 aliphatic rings. The lowest BCUT2D eigenvalue weighted by Crippen LogP contribution is -2.19. The molecule has 9 heavy (non-hydrogen) atoms. The summed E-state index contributed by atoms with van der Waals surface area (Å²) in [5.74, 6) is 0.639. The number of rotatable bonds is 0. The Bertz CT molecular complexity index is 124. The van der Waals surface area contributed by atoms with Crippen molar-refractivity contribution in [1.82, 2.24) is 0 Å². The van der Waals surface area contributed by atoms with Gasteiger partial charge in [-0.2, -0.15) is 0 Å². The minimum atomic E-state index is -0.196. The molecule has 2 bridgehead atoms. The molecule has 2 unspecified atom stereocenters. The summed E-state index contributed by atoms with van der Waals surface area (Å²) in [6.07, 6.45) is 2.63. The Hall–Kier alpha value is -0.0800. The van der Waals surface area contributed by atoms with E-state index in [-0.39, 0.29) is 18.1 Å². The van der Waals surface area contributed by atoms with Gasteiger partial charge in [0.15, 0.2) is 0 Å². The molecular formula is C7H12O2. The molecular weight excluding hydrogens is 116 g/mol. The molecule has 0 heterocycles. The van der Waals surface area contributed by atoms with Crippen LogP contribution in [0.5, 0.6) is 0 Å². The van der Waals surface area contributed by atoms with Crippen LogP contribution in [0.3, 0.4) is 0 Å². The lowest BCUT2D eigenvalue weighted by molar-refractivity contribution is 0.0738. The lowest BCUT2D eigenvalue weighted by Gasteiger charge is -2.13. The summed E-state index contributed by atoms with van der Waals surface area (Å²) < 4.78 is 0. The third kappa shape index (κ3) is 0.634. The molecule has 2 rings (SSSR count). The Morgan fingerprint density at radius 1 is 1.11 bits per heavy atom. The van der Waals surface area contributed by atoms with Crippen molar-refractivity contribution < 1.29 is 10.2 Å². The van der Waals surface area contributed by atoms with Crippen molar-refractivity contribution in [2.75, 3.05) is 0 Å². The van der Waals surface area contributed by atoms with Crippen molar-refractivity contribution in [3.8, 4) is 0 Å². The van der Waals surface area contributed by atoms with E-state index in [1.165, 1.54) is 0 Å². The van der Waals surface area contributed by atoms with E-state index in [2.05, 4.69) is 0 Å². The monoisotopic (exact) mass is 128 g/mol. The van der Waals surface area contributed by atoms with Crippen LogP contribution in [0.1, 0.15) is 19.3 Å². The second-order valence-corrected chi connectivity index (χ2v) is 3.29. The molecule has 0 radical (unpaired) electrons. The Labute approximate surface area is 54.5 Å². The second kappa shape index (κ2) is 1.70. The van der Waals surface area contributed by atoms with Gasteiger partial charge in [-0.1, -0.05) is 0 Å². The van der Waals surface area contributed by atoms with Crippen LogP contribution in [0.2, 0.25) is 0 Å². The molecule has 2 heteroatoms. The zero-order chi connectivity index (χ0) is 6.43. The molecule has 0 aromatic rings. The topological polar surface area (TPSA) is 40.5 Å². The summed E-state index contributed by atoms with van der Waals surface area (Å²) in [4.78, 5) is 0. The van der Waals surface area contributed by atoms with Crippen LogP contribution >= 0.6 is 0 Å². The standard InChI is InChI=1S/C7H12O2/c8-6-3-4-1-2-5(6)7(4)9/h4-9H,1-3H2/t4?,5?,6-,7+/m1/s1. The van der Waals surface area contributed by atoms with Gasteiger partial charge in [-0.15, -0.1) is 0 Å². The van der Waals surface area contributed by atoms with E-state index in [0.717, 1.165) is 19.3 Å². The average molecular weight is 128 g/mol. The highest BCUT2D eigenvalue weighted by atomic mass is 16.3. The van der Waals surface area contributed by atoms with Crippen molar-refractivity contribution in [2.45, 2.75) is 31.5 Å². The average Bonchev–Trinajstić information content (AvgIpc) is 2.25. The maximum Gasteiger partial charge on any atom is 0.0622 e. The van der Waals surface area contributed by atoms with E-state index in [1.54, 1.807) is 0 Å². The summed E-state index contributed by atoms with van der Waals surface area (Å²) >= 11 is 0. The Morgan fingerprint density at radius 2 is 1.89 bits per heavy atom. The van der Waals surface area contributed by atoms with Crippen molar-refractivity contribution in [2.24, 2.45) is 11.8 Å². The SMILES string of the molecule is O[C@H]1C2CCC1[C@H](O)C2. The normalized spacial score (nSPS) is 56.7. The molecule has 2 aliphatic carbocycles. The number of aliphatic hydroxyl groups is 2. The molecule has 0 aliphatic heterocycles. The molecule has 0 aromatic carbocycles. The zero-order valence-electron chi connectivity index (χ0n) is 5.33. The molecule has 2 nitrogen and oxygen atoms in total. The fourth-order valence-corrected chi connectivity index (χ4v) is 2.26. The van der Waals surface area contributed by atoms with Crippen molar-refractivity contribution in [3.05, 3.63) is 0 Å². The summed E-state index contributed by atoms with van der Waals surface area (Å²) in [5, 5.41) is 18.6. The molecule has 0 spiro atoms. The third-order valence-corrected chi connectivity index (χ3v) is 2.83. The number of hydrogen-bond acceptors (Lipinski definition) is 2. The Balaban J connectivity index is 2.16. The van der Waals surface area contributed by atoms with E-state index < -0.39 is 0 Å². The van der Waals surface area contributed by atoms with Crippen molar-refractivity contribution in [1.29, 1.82) is 0 Å². The van der Waals surface area contributed by atoms with E-state index in [1.807, 2.05) is 0 Å². The molecule has 0 amide bonds. The van der Waals surface area contributed by atoms with Gasteiger partial charge >= 0.3 is 0 Å². The summed E-state index contributed by atoms with van der Waals surface area (Å²) in [6, 6.07) is 0. The number of aliphatic hydroxyl groups excluding tert-OH is 2. The first-order valence-electron chi connectivity index (χ1n) is 3.65. The number of fused-ring (bicyclic) bond motifs is 2. The van der Waals surface area contributed by atoms with Gasteiger partial charge in [-0.3, -0.25) is 0 Å². The number of hydrogen-bond donors (Lipinski definition) is 2. The van der Waals surface area contributed by atoms with Gasteiger partial charge in [-0.05, 0) is 25.2 Å². The molecule has 0 saturated heterocycles. The second-order valence-electron chi connectivity index (χ2n) is 3.29. The van der Waals surface area contributed by atoms with Gasteiger partial charge in [0.2, 0.25) is 0 Å². The molecule has 2 saturated carbocycles. The first-order chi connectivity index (χ1) is 4.29.